The van der Waals surface area contributed by atoms with Crippen molar-refractivity contribution in [1.29, 1.82) is 0 Å². The molecular weight excluding hydrogens is 238 g/mol. The first-order valence-corrected chi connectivity index (χ1v) is 6.18. The van der Waals surface area contributed by atoms with Gasteiger partial charge in [0.25, 0.3) is 0 Å². The Balaban J connectivity index is 2.29. The molecule has 0 amide bonds. The van der Waals surface area contributed by atoms with Gasteiger partial charge in [0.15, 0.2) is 0 Å². The van der Waals surface area contributed by atoms with Gasteiger partial charge in [-0.2, -0.15) is 0 Å². The molecule has 16 heavy (non-hydrogen) atoms. The van der Waals surface area contributed by atoms with Crippen LogP contribution in [0.2, 0.25) is 5.02 Å². The molecule has 0 aliphatic heterocycles. The summed E-state index contributed by atoms with van der Waals surface area (Å²) in [7, 11) is 0. The molecule has 0 spiro atoms. The van der Waals surface area contributed by atoms with Crippen LogP contribution in [0.15, 0.2) is 48.0 Å². The van der Waals surface area contributed by atoms with E-state index in [0.29, 0.717) is 0 Å². The van der Waals surface area contributed by atoms with Crippen molar-refractivity contribution in [2.45, 2.75) is 0 Å². The van der Waals surface area contributed by atoms with Crippen LogP contribution < -0.4 is 0 Å². The summed E-state index contributed by atoms with van der Waals surface area (Å²) in [6.07, 6.45) is 1.74. The summed E-state index contributed by atoms with van der Waals surface area (Å²) in [4.78, 5) is 4.36. The van der Waals surface area contributed by atoms with E-state index in [4.69, 9.17) is 11.6 Å². The summed E-state index contributed by atoms with van der Waals surface area (Å²) >= 11 is 7.71. The minimum Gasteiger partial charge on any atom is -0.256 e. The molecule has 3 rings (SSSR count). The molecule has 0 fully saturated rings. The second-order valence-corrected chi connectivity index (χ2v) is 4.86. The number of benzene rings is 1. The highest BCUT2D eigenvalue weighted by molar-refractivity contribution is 7.17. The predicted octanol–water partition coefficient (Wildman–Crippen LogP) is 4.62. The number of aromatic nitrogens is 1. The van der Waals surface area contributed by atoms with Gasteiger partial charge in [0, 0.05) is 21.5 Å². The molecule has 0 aliphatic rings. The van der Waals surface area contributed by atoms with E-state index in [0.717, 1.165) is 16.3 Å². The maximum atomic E-state index is 5.98. The van der Waals surface area contributed by atoms with E-state index in [9.17, 15) is 0 Å². The fraction of sp³-hybridized carbons (Fsp3) is 0. The number of thiophene rings is 1. The summed E-state index contributed by atoms with van der Waals surface area (Å²) in [5.41, 5.74) is 2.08. The third-order valence-corrected chi connectivity index (χ3v) is 3.68. The third-order valence-electron chi connectivity index (χ3n) is 2.48. The van der Waals surface area contributed by atoms with Gasteiger partial charge in [0.2, 0.25) is 0 Å². The van der Waals surface area contributed by atoms with E-state index in [-0.39, 0.29) is 0 Å². The number of halogens is 1. The van der Waals surface area contributed by atoms with Gasteiger partial charge in [-0.3, -0.25) is 4.98 Å². The minimum atomic E-state index is 0.721. The lowest BCUT2D eigenvalue weighted by atomic mass is 10.1. The van der Waals surface area contributed by atoms with E-state index < -0.39 is 0 Å². The van der Waals surface area contributed by atoms with Gasteiger partial charge in [0.05, 0.1) is 5.69 Å². The molecule has 1 nitrogen and oxygen atoms in total. The number of fused-ring (bicyclic) bond motifs is 1. The highest BCUT2D eigenvalue weighted by atomic mass is 35.5. The molecule has 0 bridgehead atoms. The molecule has 0 atom stereocenters. The lowest BCUT2D eigenvalue weighted by Gasteiger charge is -2.02. The van der Waals surface area contributed by atoms with Gasteiger partial charge in [-0.05, 0) is 29.0 Å². The predicted molar refractivity (Wildman–Crippen MR) is 70.1 cm³/mol. The Labute approximate surface area is 102 Å². The Bertz CT molecular complexity index is 645. The van der Waals surface area contributed by atoms with Gasteiger partial charge >= 0.3 is 0 Å². The SMILES string of the molecule is Clc1ccnc(-c2cccc3ccsc23)c1. The maximum absolute atomic E-state index is 5.98. The summed E-state index contributed by atoms with van der Waals surface area (Å²) in [6.45, 7) is 0. The van der Waals surface area contributed by atoms with Crippen LogP contribution in [0.25, 0.3) is 21.3 Å². The molecule has 2 aromatic heterocycles. The fourth-order valence-electron chi connectivity index (χ4n) is 1.75. The molecule has 1 aromatic carbocycles. The van der Waals surface area contributed by atoms with E-state index >= 15 is 0 Å². The zero-order valence-electron chi connectivity index (χ0n) is 8.35. The second kappa shape index (κ2) is 3.89. The number of hydrogen-bond acceptors (Lipinski definition) is 2. The summed E-state index contributed by atoms with van der Waals surface area (Å²) in [5, 5.41) is 4.07. The van der Waals surface area contributed by atoms with Gasteiger partial charge < -0.3 is 0 Å². The molecule has 2 heterocycles. The highest BCUT2D eigenvalue weighted by Gasteiger charge is 2.05. The molecule has 0 saturated heterocycles. The van der Waals surface area contributed by atoms with Crippen LogP contribution in [0.5, 0.6) is 0 Å². The average Bonchev–Trinajstić information content (AvgIpc) is 2.76. The van der Waals surface area contributed by atoms with Crippen LogP contribution in [0.4, 0.5) is 0 Å². The van der Waals surface area contributed by atoms with Gasteiger partial charge in [-0.15, -0.1) is 11.3 Å². The van der Waals surface area contributed by atoms with Crippen LogP contribution in [0.3, 0.4) is 0 Å². The van der Waals surface area contributed by atoms with Crippen molar-refractivity contribution in [3.8, 4) is 11.3 Å². The zero-order chi connectivity index (χ0) is 11.0. The van der Waals surface area contributed by atoms with E-state index in [1.54, 1.807) is 23.6 Å². The lowest BCUT2D eigenvalue weighted by Crippen LogP contribution is -1.82. The first-order valence-electron chi connectivity index (χ1n) is 4.93. The Hall–Kier alpha value is -1.38. The van der Waals surface area contributed by atoms with Gasteiger partial charge in [-0.25, -0.2) is 0 Å². The number of rotatable bonds is 1. The van der Waals surface area contributed by atoms with Crippen molar-refractivity contribution in [2.75, 3.05) is 0 Å². The Morgan fingerprint density at radius 3 is 2.94 bits per heavy atom. The van der Waals surface area contributed by atoms with Crippen molar-refractivity contribution in [3.63, 3.8) is 0 Å². The normalized spacial score (nSPS) is 10.8. The van der Waals surface area contributed by atoms with Gasteiger partial charge in [-0.1, -0.05) is 29.8 Å². The Morgan fingerprint density at radius 1 is 1.12 bits per heavy atom. The quantitative estimate of drug-likeness (QED) is 0.610. The highest BCUT2D eigenvalue weighted by Crippen LogP contribution is 2.32. The fourth-order valence-corrected chi connectivity index (χ4v) is 2.83. The third kappa shape index (κ3) is 1.60. The number of pyridine rings is 1. The molecule has 0 radical (unpaired) electrons. The maximum Gasteiger partial charge on any atom is 0.0731 e. The molecule has 78 valence electrons. The smallest absolute Gasteiger partial charge is 0.0731 e. The van der Waals surface area contributed by atoms with Crippen LogP contribution in [0.1, 0.15) is 0 Å². The van der Waals surface area contributed by atoms with Crippen LogP contribution in [0, 0.1) is 0 Å². The Morgan fingerprint density at radius 2 is 2.06 bits per heavy atom. The lowest BCUT2D eigenvalue weighted by molar-refractivity contribution is 1.33. The summed E-state index contributed by atoms with van der Waals surface area (Å²) in [6, 6.07) is 12.0. The van der Waals surface area contributed by atoms with Crippen molar-refractivity contribution >= 4 is 33.0 Å². The summed E-state index contributed by atoms with van der Waals surface area (Å²) in [5.74, 6) is 0. The largest absolute Gasteiger partial charge is 0.256 e. The van der Waals surface area contributed by atoms with E-state index in [1.807, 2.05) is 12.1 Å². The second-order valence-electron chi connectivity index (χ2n) is 3.50. The molecule has 3 heteroatoms. The van der Waals surface area contributed by atoms with Crippen molar-refractivity contribution in [2.24, 2.45) is 0 Å². The molecule has 0 aliphatic carbocycles. The van der Waals surface area contributed by atoms with Crippen LogP contribution in [-0.4, -0.2) is 4.98 Å². The zero-order valence-corrected chi connectivity index (χ0v) is 9.92. The van der Waals surface area contributed by atoms with Crippen molar-refractivity contribution < 1.29 is 0 Å². The molecule has 0 N–H and O–H groups in total. The van der Waals surface area contributed by atoms with Crippen molar-refractivity contribution in [1.82, 2.24) is 4.98 Å². The first-order chi connectivity index (χ1) is 7.84. The average molecular weight is 246 g/mol. The Kier molecular flexibility index (Phi) is 2.39. The topological polar surface area (TPSA) is 12.9 Å². The van der Waals surface area contributed by atoms with Crippen molar-refractivity contribution in [3.05, 3.63) is 53.0 Å². The standard InChI is InChI=1S/C13H8ClNS/c14-10-4-6-15-12(8-10)11-3-1-2-9-5-7-16-13(9)11/h1-8H. The van der Waals surface area contributed by atoms with E-state index in [2.05, 4.69) is 28.6 Å². The molecule has 3 aromatic rings. The molecule has 0 saturated carbocycles. The van der Waals surface area contributed by atoms with Crippen LogP contribution in [-0.2, 0) is 0 Å². The monoisotopic (exact) mass is 245 g/mol. The van der Waals surface area contributed by atoms with Crippen LogP contribution >= 0.6 is 22.9 Å². The molecular formula is C13H8ClNS. The molecule has 0 unspecified atom stereocenters. The first kappa shape index (κ1) is 9.82. The van der Waals surface area contributed by atoms with E-state index in [1.165, 1.54) is 10.1 Å². The number of hydrogen-bond donors (Lipinski definition) is 0. The van der Waals surface area contributed by atoms with Gasteiger partial charge in [0.1, 0.15) is 0 Å². The summed E-state index contributed by atoms with van der Waals surface area (Å²) < 4.78 is 1.26. The minimum absolute atomic E-state index is 0.721. The number of nitrogens with zero attached hydrogens (tertiary/aromatic N) is 1.